The fraction of sp³-hybridized carbons (Fsp3) is 0.520. The van der Waals surface area contributed by atoms with Crippen LogP contribution in [0.1, 0.15) is 45.1 Å². The van der Waals surface area contributed by atoms with Gasteiger partial charge >= 0.3 is 0 Å². The zero-order valence-electron chi connectivity index (χ0n) is 20.5. The first-order chi connectivity index (χ1) is 17.1. The predicted molar refractivity (Wildman–Crippen MR) is 133 cm³/mol. The summed E-state index contributed by atoms with van der Waals surface area (Å²) in [5.41, 5.74) is -0.755. The molecule has 0 bridgehead atoms. The van der Waals surface area contributed by atoms with Gasteiger partial charge in [-0.05, 0) is 48.8 Å². The third-order valence-electron chi connectivity index (χ3n) is 7.08. The maximum absolute atomic E-state index is 14.7. The number of anilines is 4. The number of aliphatic hydroxyl groups excluding tert-OH is 1. The van der Waals surface area contributed by atoms with Crippen LogP contribution in [-0.4, -0.2) is 68.9 Å². The van der Waals surface area contributed by atoms with E-state index in [2.05, 4.69) is 39.1 Å². The Bertz CT molecular complexity index is 1260. The Morgan fingerprint density at radius 2 is 1.89 bits per heavy atom. The van der Waals surface area contributed by atoms with Crippen molar-refractivity contribution in [3.05, 3.63) is 36.3 Å². The molecule has 0 aromatic carbocycles. The lowest BCUT2D eigenvalue weighted by Crippen LogP contribution is -2.52. The third kappa shape index (κ3) is 4.52. The Hall–Kier alpha value is -3.21. The summed E-state index contributed by atoms with van der Waals surface area (Å²) in [5.74, 6) is 2.07. The SMILES string of the molecule is CC(C)c1cnc(N2CC[C@@H]2C(F)F)c2cnc(Nc3ccnc(N4CC[C@@H](O)[C@@](C)(F)C4)n3)cc12. The molecule has 2 aliphatic heterocycles. The molecule has 36 heavy (non-hydrogen) atoms. The summed E-state index contributed by atoms with van der Waals surface area (Å²) in [6.07, 6.45) is 2.29. The predicted octanol–water partition coefficient (Wildman–Crippen LogP) is 4.43. The van der Waals surface area contributed by atoms with Gasteiger partial charge in [0.2, 0.25) is 5.95 Å². The van der Waals surface area contributed by atoms with Crippen LogP contribution in [0.3, 0.4) is 0 Å². The molecule has 2 saturated heterocycles. The number of nitrogens with zero attached hydrogens (tertiary/aromatic N) is 6. The van der Waals surface area contributed by atoms with E-state index in [0.29, 0.717) is 42.9 Å². The first-order valence-electron chi connectivity index (χ1n) is 12.2. The van der Waals surface area contributed by atoms with Crippen molar-refractivity contribution in [2.45, 2.75) is 63.8 Å². The van der Waals surface area contributed by atoms with E-state index in [1.807, 2.05) is 6.07 Å². The van der Waals surface area contributed by atoms with Crippen LogP contribution in [0.5, 0.6) is 0 Å². The summed E-state index contributed by atoms with van der Waals surface area (Å²) in [6.45, 7) is 6.47. The molecule has 0 unspecified atom stereocenters. The van der Waals surface area contributed by atoms with Gasteiger partial charge in [-0.2, -0.15) is 4.98 Å². The molecule has 3 aromatic rings. The third-order valence-corrected chi connectivity index (χ3v) is 7.08. The quantitative estimate of drug-likeness (QED) is 0.513. The molecule has 0 aliphatic carbocycles. The lowest BCUT2D eigenvalue weighted by Gasteiger charge is -2.41. The van der Waals surface area contributed by atoms with Crippen LogP contribution >= 0.6 is 0 Å². The van der Waals surface area contributed by atoms with Gasteiger partial charge in [-0.15, -0.1) is 0 Å². The van der Waals surface area contributed by atoms with E-state index >= 15 is 0 Å². The van der Waals surface area contributed by atoms with E-state index < -0.39 is 24.2 Å². The molecular formula is C25H30F3N7O. The highest BCUT2D eigenvalue weighted by Crippen LogP contribution is 2.37. The molecule has 0 amide bonds. The van der Waals surface area contributed by atoms with Crippen LogP contribution in [-0.2, 0) is 0 Å². The number of halogens is 3. The number of rotatable bonds is 6. The van der Waals surface area contributed by atoms with E-state index in [0.717, 1.165) is 16.3 Å². The van der Waals surface area contributed by atoms with Gasteiger partial charge in [0.15, 0.2) is 5.67 Å². The van der Waals surface area contributed by atoms with Crippen LogP contribution in [0.4, 0.5) is 36.6 Å². The van der Waals surface area contributed by atoms with Crippen molar-refractivity contribution < 1.29 is 18.3 Å². The average Bonchev–Trinajstić information content (AvgIpc) is 2.79. The minimum absolute atomic E-state index is 0.00448. The Labute approximate surface area is 207 Å². The molecule has 2 fully saturated rings. The van der Waals surface area contributed by atoms with Crippen molar-refractivity contribution in [1.82, 2.24) is 19.9 Å². The van der Waals surface area contributed by atoms with Crippen LogP contribution in [0.2, 0.25) is 0 Å². The molecule has 5 heterocycles. The van der Waals surface area contributed by atoms with Crippen LogP contribution in [0.15, 0.2) is 30.7 Å². The van der Waals surface area contributed by atoms with Gasteiger partial charge in [0, 0.05) is 37.1 Å². The number of aliphatic hydroxyl groups is 1. The van der Waals surface area contributed by atoms with Crippen molar-refractivity contribution in [2.75, 3.05) is 34.8 Å². The van der Waals surface area contributed by atoms with Crippen molar-refractivity contribution in [1.29, 1.82) is 0 Å². The van der Waals surface area contributed by atoms with E-state index in [1.165, 1.54) is 6.92 Å². The van der Waals surface area contributed by atoms with Crippen LogP contribution in [0.25, 0.3) is 10.8 Å². The summed E-state index contributed by atoms with van der Waals surface area (Å²) >= 11 is 0. The van der Waals surface area contributed by atoms with Crippen LogP contribution in [0, 0.1) is 0 Å². The highest BCUT2D eigenvalue weighted by Gasteiger charge is 2.40. The van der Waals surface area contributed by atoms with Gasteiger partial charge in [0.1, 0.15) is 17.5 Å². The molecular weight excluding hydrogens is 471 g/mol. The zero-order valence-corrected chi connectivity index (χ0v) is 20.5. The number of hydrogen-bond acceptors (Lipinski definition) is 8. The molecule has 0 spiro atoms. The van der Waals surface area contributed by atoms with E-state index in [-0.39, 0.29) is 18.9 Å². The van der Waals surface area contributed by atoms with Gasteiger partial charge < -0.3 is 20.2 Å². The second-order valence-corrected chi connectivity index (χ2v) is 10.1. The summed E-state index contributed by atoms with van der Waals surface area (Å²) in [7, 11) is 0. The highest BCUT2D eigenvalue weighted by molar-refractivity contribution is 5.96. The fourth-order valence-corrected chi connectivity index (χ4v) is 4.84. The number of fused-ring (bicyclic) bond motifs is 1. The Morgan fingerprint density at radius 1 is 1.08 bits per heavy atom. The maximum Gasteiger partial charge on any atom is 0.258 e. The summed E-state index contributed by atoms with van der Waals surface area (Å²) in [4.78, 5) is 21.2. The summed E-state index contributed by atoms with van der Waals surface area (Å²) < 4.78 is 41.5. The van der Waals surface area contributed by atoms with Gasteiger partial charge in [0.05, 0.1) is 18.7 Å². The Kier molecular flexibility index (Phi) is 6.36. The molecule has 11 heteroatoms. The van der Waals surface area contributed by atoms with E-state index in [9.17, 15) is 18.3 Å². The summed E-state index contributed by atoms with van der Waals surface area (Å²) in [5, 5.41) is 14.7. The molecule has 2 N–H and O–H groups in total. The normalized spacial score (nSPS) is 24.5. The number of aromatic nitrogens is 4. The van der Waals surface area contributed by atoms with E-state index in [4.69, 9.17) is 0 Å². The minimum Gasteiger partial charge on any atom is -0.390 e. The highest BCUT2D eigenvalue weighted by atomic mass is 19.3. The molecule has 192 valence electrons. The molecule has 8 nitrogen and oxygen atoms in total. The molecule has 3 atom stereocenters. The first-order valence-corrected chi connectivity index (χ1v) is 12.2. The fourth-order valence-electron chi connectivity index (χ4n) is 4.84. The Balaban J connectivity index is 1.44. The van der Waals surface area contributed by atoms with Crippen LogP contribution < -0.4 is 15.1 Å². The standard InChI is InChI=1S/C25H30F3N7O/c1-14(2)16-11-31-23(35-9-5-18(35)22(26)27)17-12-30-21(10-15(16)17)32-20-4-7-29-24(33-20)34-8-6-19(36)25(3,28)13-34/h4,7,10-12,14,18-19,22,36H,5-6,8-9,13H2,1-3H3,(H,29,30,32,33)/t18-,19-,25+/m1/s1. The van der Waals surface area contributed by atoms with Crippen molar-refractivity contribution in [2.24, 2.45) is 0 Å². The lowest BCUT2D eigenvalue weighted by molar-refractivity contribution is -0.00860. The number of nitrogens with one attached hydrogen (secondary N) is 1. The topological polar surface area (TPSA) is 90.3 Å². The molecule has 5 rings (SSSR count). The smallest absolute Gasteiger partial charge is 0.258 e. The Morgan fingerprint density at radius 3 is 2.56 bits per heavy atom. The largest absolute Gasteiger partial charge is 0.390 e. The van der Waals surface area contributed by atoms with Crippen molar-refractivity contribution in [3.63, 3.8) is 0 Å². The summed E-state index contributed by atoms with van der Waals surface area (Å²) in [6, 6.07) is 2.74. The van der Waals surface area contributed by atoms with Gasteiger partial charge in [0.25, 0.3) is 6.43 Å². The number of pyridine rings is 2. The van der Waals surface area contributed by atoms with Gasteiger partial charge in [-0.1, -0.05) is 13.8 Å². The average molecular weight is 502 g/mol. The van der Waals surface area contributed by atoms with E-state index in [1.54, 1.807) is 34.5 Å². The molecule has 3 aromatic heterocycles. The second kappa shape index (κ2) is 9.34. The monoisotopic (exact) mass is 501 g/mol. The molecule has 0 saturated carbocycles. The molecule has 0 radical (unpaired) electrons. The zero-order chi connectivity index (χ0) is 25.6. The number of hydrogen-bond donors (Lipinski definition) is 2. The maximum atomic E-state index is 14.7. The minimum atomic E-state index is -2.43. The number of piperidine rings is 1. The van der Waals surface area contributed by atoms with Gasteiger partial charge in [-0.25, -0.2) is 28.1 Å². The lowest BCUT2D eigenvalue weighted by atomic mass is 9.94. The van der Waals surface area contributed by atoms with Crippen molar-refractivity contribution >= 4 is 34.2 Å². The first kappa shape index (κ1) is 24.5. The molecule has 2 aliphatic rings. The van der Waals surface area contributed by atoms with Crippen molar-refractivity contribution in [3.8, 4) is 0 Å². The van der Waals surface area contributed by atoms with Gasteiger partial charge in [-0.3, -0.25) is 0 Å². The second-order valence-electron chi connectivity index (χ2n) is 10.1. The number of alkyl halides is 3.